The minimum atomic E-state index is -0.539. The number of halogens is 1. The minimum absolute atomic E-state index is 0.0475. The third-order valence-electron chi connectivity index (χ3n) is 1.68. The van der Waals surface area contributed by atoms with Gasteiger partial charge in [0.1, 0.15) is 0 Å². The first-order valence-corrected chi connectivity index (χ1v) is 4.04. The van der Waals surface area contributed by atoms with Crippen LogP contribution in [-0.4, -0.2) is 19.9 Å². The Balaban J connectivity index is 2.59. The molecule has 0 unspecified atom stereocenters. The van der Waals surface area contributed by atoms with Crippen LogP contribution in [0, 0.1) is 5.82 Å². The average Bonchev–Trinajstić information content (AvgIpc) is 2.16. The van der Waals surface area contributed by atoms with E-state index in [1.165, 1.54) is 12.3 Å². The van der Waals surface area contributed by atoms with Crippen molar-refractivity contribution >= 4 is 11.9 Å². The minimum Gasteiger partial charge on any atom is -0.368 e. The van der Waals surface area contributed by atoms with Gasteiger partial charge in [-0.1, -0.05) is 0 Å². The Labute approximate surface area is 84.2 Å². The zero-order valence-electron chi connectivity index (χ0n) is 7.55. The van der Waals surface area contributed by atoms with Crippen molar-refractivity contribution in [1.82, 2.24) is 19.9 Å². The Morgan fingerprint density at radius 1 is 1.07 bits per heavy atom. The van der Waals surface area contributed by atoms with Crippen LogP contribution in [0.25, 0.3) is 11.4 Å². The van der Waals surface area contributed by atoms with E-state index >= 15 is 0 Å². The number of nitrogens with zero attached hydrogens (tertiary/aromatic N) is 4. The number of anilines is 2. The number of hydrogen-bond acceptors (Lipinski definition) is 6. The molecule has 4 N–H and O–H groups in total. The summed E-state index contributed by atoms with van der Waals surface area (Å²) in [5.41, 5.74) is 10.9. The third-order valence-corrected chi connectivity index (χ3v) is 1.68. The van der Waals surface area contributed by atoms with Gasteiger partial charge in [-0.2, -0.15) is 15.0 Å². The highest BCUT2D eigenvalue weighted by molar-refractivity contribution is 5.56. The average molecular weight is 206 g/mol. The van der Waals surface area contributed by atoms with Gasteiger partial charge in [0, 0.05) is 6.20 Å². The summed E-state index contributed by atoms with van der Waals surface area (Å²) >= 11 is 0. The lowest BCUT2D eigenvalue weighted by molar-refractivity contribution is 0.623. The van der Waals surface area contributed by atoms with Gasteiger partial charge in [-0.05, 0) is 6.07 Å². The summed E-state index contributed by atoms with van der Waals surface area (Å²) in [6, 6.07) is 1.43. The van der Waals surface area contributed by atoms with Crippen molar-refractivity contribution in [3.8, 4) is 11.4 Å². The largest absolute Gasteiger partial charge is 0.368 e. The summed E-state index contributed by atoms with van der Waals surface area (Å²) in [6.07, 6.45) is 2.49. The number of nitrogens with two attached hydrogens (primary N) is 2. The highest BCUT2D eigenvalue weighted by atomic mass is 19.1. The molecule has 7 heteroatoms. The third kappa shape index (κ3) is 1.80. The molecular formula is C8H7FN6. The summed E-state index contributed by atoms with van der Waals surface area (Å²) in [5, 5.41) is 0. The van der Waals surface area contributed by atoms with Crippen molar-refractivity contribution < 1.29 is 4.39 Å². The second-order valence-electron chi connectivity index (χ2n) is 2.73. The maximum Gasteiger partial charge on any atom is 0.225 e. The van der Waals surface area contributed by atoms with Gasteiger partial charge in [-0.3, -0.25) is 4.98 Å². The zero-order chi connectivity index (χ0) is 10.8. The summed E-state index contributed by atoms with van der Waals surface area (Å²) in [5.74, 6) is -0.537. The highest BCUT2D eigenvalue weighted by Gasteiger charge is 2.09. The van der Waals surface area contributed by atoms with Crippen molar-refractivity contribution in [1.29, 1.82) is 0 Å². The quantitative estimate of drug-likeness (QED) is 0.692. The Morgan fingerprint density at radius 2 is 1.73 bits per heavy atom. The van der Waals surface area contributed by atoms with Crippen molar-refractivity contribution in [2.75, 3.05) is 11.5 Å². The van der Waals surface area contributed by atoms with Gasteiger partial charge in [-0.25, -0.2) is 4.39 Å². The summed E-state index contributed by atoms with van der Waals surface area (Å²) in [6.45, 7) is 0. The Morgan fingerprint density at radius 3 is 2.33 bits per heavy atom. The number of hydrogen-bond donors (Lipinski definition) is 2. The molecule has 0 saturated heterocycles. The molecule has 0 aromatic carbocycles. The fraction of sp³-hybridized carbons (Fsp3) is 0. The predicted octanol–water partition coefficient (Wildman–Crippen LogP) is 0.237. The van der Waals surface area contributed by atoms with E-state index in [9.17, 15) is 4.39 Å². The van der Waals surface area contributed by atoms with E-state index < -0.39 is 5.82 Å². The fourth-order valence-electron chi connectivity index (χ4n) is 1.09. The van der Waals surface area contributed by atoms with E-state index in [1.54, 1.807) is 0 Å². The molecule has 0 atom stereocenters. The molecule has 0 spiro atoms. The van der Waals surface area contributed by atoms with Gasteiger partial charge in [-0.15, -0.1) is 0 Å². The van der Waals surface area contributed by atoms with Crippen molar-refractivity contribution in [3.05, 3.63) is 24.3 Å². The molecule has 15 heavy (non-hydrogen) atoms. The van der Waals surface area contributed by atoms with Crippen LogP contribution in [0.5, 0.6) is 0 Å². The number of aromatic nitrogens is 4. The smallest absolute Gasteiger partial charge is 0.225 e. The highest BCUT2D eigenvalue weighted by Crippen LogP contribution is 2.18. The lowest BCUT2D eigenvalue weighted by atomic mass is 10.2. The van der Waals surface area contributed by atoms with Crippen LogP contribution < -0.4 is 11.5 Å². The SMILES string of the molecule is Nc1nc(N)nc(-c2ccncc2F)n1. The standard InChI is InChI=1S/C8H7FN6/c9-5-3-12-2-1-4(5)6-13-7(10)15-8(11)14-6/h1-3H,(H4,10,11,13,14,15). The van der Waals surface area contributed by atoms with Gasteiger partial charge in [0.25, 0.3) is 0 Å². The van der Waals surface area contributed by atoms with E-state index in [0.717, 1.165) is 6.20 Å². The van der Waals surface area contributed by atoms with Gasteiger partial charge < -0.3 is 11.5 Å². The summed E-state index contributed by atoms with van der Waals surface area (Å²) in [7, 11) is 0. The lowest BCUT2D eigenvalue weighted by Crippen LogP contribution is -2.05. The van der Waals surface area contributed by atoms with Crippen molar-refractivity contribution in [2.45, 2.75) is 0 Å². The molecule has 0 radical (unpaired) electrons. The van der Waals surface area contributed by atoms with Crippen LogP contribution in [0.3, 0.4) is 0 Å². The van der Waals surface area contributed by atoms with E-state index in [4.69, 9.17) is 11.5 Å². The first-order valence-electron chi connectivity index (χ1n) is 4.04. The van der Waals surface area contributed by atoms with Gasteiger partial charge in [0.15, 0.2) is 11.6 Å². The predicted molar refractivity (Wildman–Crippen MR) is 51.8 cm³/mol. The van der Waals surface area contributed by atoms with Gasteiger partial charge in [0.2, 0.25) is 11.9 Å². The van der Waals surface area contributed by atoms with Crippen molar-refractivity contribution in [2.24, 2.45) is 0 Å². The van der Waals surface area contributed by atoms with Crippen LogP contribution >= 0.6 is 0 Å². The van der Waals surface area contributed by atoms with Crippen LogP contribution in [0.15, 0.2) is 18.5 Å². The molecule has 0 fully saturated rings. The number of nitrogen functional groups attached to an aromatic ring is 2. The molecule has 2 aromatic rings. The molecular weight excluding hydrogens is 199 g/mol. The Hall–Kier alpha value is -2.31. The van der Waals surface area contributed by atoms with Crippen LogP contribution in [-0.2, 0) is 0 Å². The summed E-state index contributed by atoms with van der Waals surface area (Å²) in [4.78, 5) is 14.7. The topological polar surface area (TPSA) is 104 Å². The first-order chi connectivity index (χ1) is 7.16. The van der Waals surface area contributed by atoms with Gasteiger partial charge in [0.05, 0.1) is 11.8 Å². The molecule has 0 aliphatic carbocycles. The maximum atomic E-state index is 13.3. The maximum absolute atomic E-state index is 13.3. The Bertz CT molecular complexity index is 480. The second kappa shape index (κ2) is 3.45. The number of rotatable bonds is 1. The molecule has 2 heterocycles. The molecule has 0 aliphatic rings. The van der Waals surface area contributed by atoms with Crippen LogP contribution in [0.1, 0.15) is 0 Å². The molecule has 0 bridgehead atoms. The van der Waals surface area contributed by atoms with Gasteiger partial charge >= 0.3 is 0 Å². The normalized spacial score (nSPS) is 10.2. The second-order valence-corrected chi connectivity index (χ2v) is 2.73. The zero-order valence-corrected chi connectivity index (χ0v) is 7.55. The molecule has 6 nitrogen and oxygen atoms in total. The molecule has 76 valence electrons. The van der Waals surface area contributed by atoms with Crippen molar-refractivity contribution in [3.63, 3.8) is 0 Å². The van der Waals surface area contributed by atoms with E-state index in [0.29, 0.717) is 0 Å². The lowest BCUT2D eigenvalue weighted by Gasteiger charge is -2.02. The first kappa shape index (κ1) is 9.25. The molecule has 0 saturated carbocycles. The van der Waals surface area contributed by atoms with Crippen LogP contribution in [0.2, 0.25) is 0 Å². The molecule has 2 rings (SSSR count). The van der Waals surface area contributed by atoms with Crippen LogP contribution in [0.4, 0.5) is 16.3 Å². The van der Waals surface area contributed by atoms with E-state index in [-0.39, 0.29) is 23.3 Å². The van der Waals surface area contributed by atoms with E-state index in [2.05, 4.69) is 19.9 Å². The Kier molecular flexibility index (Phi) is 2.13. The fourth-order valence-corrected chi connectivity index (χ4v) is 1.09. The molecule has 0 aliphatic heterocycles. The monoisotopic (exact) mass is 206 g/mol. The number of pyridine rings is 1. The molecule has 2 aromatic heterocycles. The van der Waals surface area contributed by atoms with E-state index in [1.807, 2.05) is 0 Å². The summed E-state index contributed by atoms with van der Waals surface area (Å²) < 4.78 is 13.3. The molecule has 0 amide bonds.